The van der Waals surface area contributed by atoms with E-state index in [2.05, 4.69) is 5.32 Å². The van der Waals surface area contributed by atoms with Gasteiger partial charge in [0.2, 0.25) is 12.5 Å². The summed E-state index contributed by atoms with van der Waals surface area (Å²) in [5.41, 5.74) is 1.47. The first kappa shape index (κ1) is 49.9. The van der Waals surface area contributed by atoms with E-state index in [9.17, 15) is 28.8 Å². The van der Waals surface area contributed by atoms with Gasteiger partial charge in [-0.3, -0.25) is 19.3 Å². The van der Waals surface area contributed by atoms with Gasteiger partial charge in [0.25, 0.3) is 5.91 Å². The van der Waals surface area contributed by atoms with Crippen molar-refractivity contribution < 1.29 is 73.7 Å². The second-order valence-corrected chi connectivity index (χ2v) is 18.9. The smallest absolute Gasteiger partial charge is 0.514 e. The number of β-lactam (4-membered cyclic amide) rings is 1. The molecule has 18 heteroatoms. The molecule has 0 bridgehead atoms. The Morgan fingerprint density at radius 2 is 1.46 bits per heavy atom. The highest BCUT2D eigenvalue weighted by atomic mass is 79.9. The molecule has 67 heavy (non-hydrogen) atoms. The van der Waals surface area contributed by atoms with Gasteiger partial charge in [-0.15, -0.1) is 16.9 Å². The van der Waals surface area contributed by atoms with Crippen molar-refractivity contribution in [2.24, 2.45) is 0 Å². The van der Waals surface area contributed by atoms with Crippen LogP contribution in [0.5, 0.6) is 5.75 Å². The fourth-order valence-corrected chi connectivity index (χ4v) is 8.69. The quantitative estimate of drug-likeness (QED) is 0.0411. The summed E-state index contributed by atoms with van der Waals surface area (Å²) in [5, 5.41) is 2.03. The fraction of sp³-hybridized carbons (Fsp3) is 0.327. The standard InChI is InChI=1S/C49H50FN5O10S.BrH/c1-48(2,3)64-46(60)51-39-43(58)54-40(45(59)63-41(32-13-9-7-10-14-32)33-15-11-8-12-16-33)35(30-66-44(39)54)27-34-23-26-53(42(34)57)28-31-21-24-52(25-22-31)29-38(56)55(50)36-17-19-37(20-18-36)62-47(61)65-49(4,5)6;/h7-22,24-25,27,39,41,44H,23,26,28-30H2,1-6H3;1H. The van der Waals surface area contributed by atoms with Gasteiger partial charge in [0.1, 0.15) is 34.1 Å². The van der Waals surface area contributed by atoms with Crippen LogP contribution >= 0.6 is 11.8 Å². The predicted octanol–water partition coefficient (Wildman–Crippen LogP) is 4.26. The third-order valence-corrected chi connectivity index (χ3v) is 11.7. The number of amides is 4. The number of allylic oxidation sites excluding steroid dienone is 1. The molecule has 352 valence electrons. The highest BCUT2D eigenvalue weighted by Crippen LogP contribution is 2.43. The van der Waals surface area contributed by atoms with E-state index in [1.54, 1.807) is 77.0 Å². The Morgan fingerprint density at radius 3 is 2.04 bits per heavy atom. The van der Waals surface area contributed by atoms with Crippen molar-refractivity contribution in [1.82, 2.24) is 15.1 Å². The molecular weight excluding hydrogens is 950 g/mol. The number of thioether (sulfide) groups is 1. The van der Waals surface area contributed by atoms with Crippen molar-refractivity contribution in [1.29, 1.82) is 0 Å². The van der Waals surface area contributed by atoms with E-state index in [1.807, 2.05) is 60.7 Å². The molecule has 2 atom stereocenters. The number of hydrogen-bond donors (Lipinski definition) is 1. The second kappa shape index (κ2) is 21.0. The minimum atomic E-state index is -0.950. The second-order valence-electron chi connectivity index (χ2n) is 17.8. The van der Waals surface area contributed by atoms with E-state index in [-0.39, 0.29) is 64.0 Å². The lowest BCUT2D eigenvalue weighted by Gasteiger charge is -2.49. The first-order valence-corrected chi connectivity index (χ1v) is 22.3. The normalized spacial score (nSPS) is 17.6. The third kappa shape index (κ3) is 12.5. The minimum absolute atomic E-state index is 0. The maximum absolute atomic E-state index is 15.1. The van der Waals surface area contributed by atoms with Gasteiger partial charge in [0, 0.05) is 36.5 Å². The van der Waals surface area contributed by atoms with E-state index < -0.39 is 58.8 Å². The number of pyridine rings is 1. The van der Waals surface area contributed by atoms with Crippen molar-refractivity contribution in [3.05, 3.63) is 149 Å². The summed E-state index contributed by atoms with van der Waals surface area (Å²) in [5.74, 6) is -2.02. The van der Waals surface area contributed by atoms with Crippen LogP contribution in [0.1, 0.15) is 70.8 Å². The first-order valence-electron chi connectivity index (χ1n) is 21.3. The Labute approximate surface area is 402 Å². The van der Waals surface area contributed by atoms with Crippen molar-refractivity contribution in [2.45, 2.75) is 89.8 Å². The summed E-state index contributed by atoms with van der Waals surface area (Å²) < 4.78 is 38.5. The molecule has 0 saturated carbocycles. The van der Waals surface area contributed by atoms with E-state index in [0.29, 0.717) is 24.1 Å². The number of aromatic nitrogens is 1. The van der Waals surface area contributed by atoms with E-state index in [0.717, 1.165) is 16.7 Å². The van der Waals surface area contributed by atoms with Crippen molar-refractivity contribution in [2.75, 3.05) is 17.4 Å². The van der Waals surface area contributed by atoms with Crippen LogP contribution < -0.4 is 36.7 Å². The molecule has 4 amide bonds. The molecule has 0 radical (unpaired) electrons. The van der Waals surface area contributed by atoms with Gasteiger partial charge in [-0.2, -0.15) is 4.57 Å². The van der Waals surface area contributed by atoms with Crippen LogP contribution in [0, 0.1) is 0 Å². The molecule has 0 spiro atoms. The molecule has 4 heterocycles. The Bertz CT molecular complexity index is 2510. The summed E-state index contributed by atoms with van der Waals surface area (Å²) >= 11 is 1.35. The van der Waals surface area contributed by atoms with Crippen LogP contribution in [-0.4, -0.2) is 80.7 Å². The summed E-state index contributed by atoms with van der Waals surface area (Å²) in [7, 11) is 0. The minimum Gasteiger partial charge on any atom is -1.00 e. The molecule has 3 aliphatic rings. The van der Waals surface area contributed by atoms with E-state index in [4.69, 9.17) is 18.9 Å². The maximum atomic E-state index is 15.1. The molecule has 15 nitrogen and oxygen atoms in total. The zero-order valence-corrected chi connectivity index (χ0v) is 40.2. The summed E-state index contributed by atoms with van der Waals surface area (Å²) in [6, 6.07) is 26.3. The number of ether oxygens (including phenoxy) is 4. The van der Waals surface area contributed by atoms with Crippen molar-refractivity contribution in [3.63, 3.8) is 0 Å². The number of anilines is 1. The highest BCUT2D eigenvalue weighted by molar-refractivity contribution is 8.00. The van der Waals surface area contributed by atoms with Gasteiger partial charge in [-0.25, -0.2) is 14.4 Å². The van der Waals surface area contributed by atoms with Crippen molar-refractivity contribution >= 4 is 53.4 Å². The molecule has 4 aromatic rings. The molecule has 7 rings (SSSR count). The predicted molar refractivity (Wildman–Crippen MR) is 241 cm³/mol. The largest absolute Gasteiger partial charge is 1.00 e. The third-order valence-electron chi connectivity index (χ3n) is 10.4. The topological polar surface area (TPSA) is 165 Å². The molecule has 1 N–H and O–H groups in total. The number of benzene rings is 3. The van der Waals surface area contributed by atoms with Crippen LogP contribution in [0.4, 0.5) is 19.8 Å². The molecule has 2 unspecified atom stereocenters. The van der Waals surface area contributed by atoms with Gasteiger partial charge >= 0.3 is 24.1 Å². The fourth-order valence-electron chi connectivity index (χ4n) is 7.38. The highest BCUT2D eigenvalue weighted by Gasteiger charge is 2.55. The number of carbonyl (C=O) groups is 6. The number of carbonyl (C=O) groups excluding carboxylic acids is 6. The lowest BCUT2D eigenvalue weighted by Crippen LogP contribution is -3.00. The van der Waals surface area contributed by atoms with Gasteiger partial charge in [0.15, 0.2) is 18.5 Å². The summed E-state index contributed by atoms with van der Waals surface area (Å²) in [6.07, 6.45) is 2.78. The Kier molecular flexibility index (Phi) is 15.6. The van der Waals surface area contributed by atoms with Gasteiger partial charge in [-0.1, -0.05) is 65.1 Å². The average molecular weight is 1000 g/mol. The van der Waals surface area contributed by atoms with Crippen LogP contribution in [-0.2, 0) is 46.5 Å². The molecule has 0 aliphatic carbocycles. The zero-order valence-electron chi connectivity index (χ0n) is 37.8. The summed E-state index contributed by atoms with van der Waals surface area (Å²) in [4.78, 5) is 82.7. The number of halogens is 2. The van der Waals surface area contributed by atoms with E-state index >= 15 is 4.48 Å². The average Bonchev–Trinajstić information content (AvgIpc) is 3.61. The lowest BCUT2D eigenvalue weighted by atomic mass is 10.00. The van der Waals surface area contributed by atoms with Crippen LogP contribution in [0.15, 0.2) is 132 Å². The number of rotatable bonds is 12. The molecule has 2 saturated heterocycles. The van der Waals surface area contributed by atoms with Crippen LogP contribution in [0.25, 0.3) is 0 Å². The molecule has 1 aromatic heterocycles. The van der Waals surface area contributed by atoms with E-state index in [1.165, 1.54) is 45.5 Å². The van der Waals surface area contributed by atoms with Gasteiger partial charge in [-0.05, 0) is 101 Å². The number of nitrogens with zero attached hydrogens (tertiary/aromatic N) is 4. The molecular formula is C49H51BrFN5O10S. The van der Waals surface area contributed by atoms with Gasteiger partial charge in [0.05, 0.1) is 5.69 Å². The number of nitrogens with one attached hydrogen (secondary N) is 1. The SMILES string of the molecule is CC(C)(C)OC(=O)NC1C(=O)N2C(C(=O)OC(c3ccccc3)c3ccccc3)=C(C=C3CCN(Cc4cc[n+](CC(=O)N(F)c5ccc(OC(=O)OC(C)(C)C)cc5)cc4)C3=O)CSC12.[Br-]. The number of esters is 1. The first-order chi connectivity index (χ1) is 31.3. The zero-order chi connectivity index (χ0) is 47.3. The molecule has 3 aliphatic heterocycles. The Hall–Kier alpha value is -6.53. The van der Waals surface area contributed by atoms with Crippen LogP contribution in [0.2, 0.25) is 0 Å². The number of alkyl carbamates (subject to hydrolysis) is 1. The van der Waals surface area contributed by atoms with Crippen molar-refractivity contribution in [3.8, 4) is 5.75 Å². The molecule has 2 fully saturated rings. The maximum Gasteiger partial charge on any atom is 0.514 e. The number of fused-ring (bicyclic) bond motifs is 1. The van der Waals surface area contributed by atoms with Crippen LogP contribution in [0.3, 0.4) is 0 Å². The summed E-state index contributed by atoms with van der Waals surface area (Å²) in [6.45, 7) is 10.5. The lowest BCUT2D eigenvalue weighted by molar-refractivity contribution is -0.684. The Morgan fingerprint density at radius 1 is 0.866 bits per heavy atom. The molecule has 3 aromatic carbocycles. The Balaban J connectivity index is 0.00000741. The number of likely N-dealkylation sites (tertiary alicyclic amines) is 1. The number of hydrogen-bond acceptors (Lipinski definition) is 11. The monoisotopic (exact) mass is 999 g/mol. The van der Waals surface area contributed by atoms with Gasteiger partial charge < -0.3 is 46.1 Å².